The van der Waals surface area contributed by atoms with E-state index < -0.39 is 0 Å². The fourth-order valence-electron chi connectivity index (χ4n) is 6.78. The van der Waals surface area contributed by atoms with Crippen LogP contribution < -0.4 is 4.74 Å². The minimum absolute atomic E-state index is 0. The zero-order chi connectivity index (χ0) is 33.0. The molecule has 0 aliphatic heterocycles. The minimum atomic E-state index is 0. The summed E-state index contributed by atoms with van der Waals surface area (Å²) >= 11 is 0. The van der Waals surface area contributed by atoms with Gasteiger partial charge in [0.15, 0.2) is 0 Å². The summed E-state index contributed by atoms with van der Waals surface area (Å²) in [5.74, 6) is 2.12. The van der Waals surface area contributed by atoms with Crippen LogP contribution in [0.15, 0.2) is 97.2 Å². The Hall–Kier alpha value is -4.47. The topological polar surface area (TPSA) is 44.9 Å². The fourth-order valence-corrected chi connectivity index (χ4v) is 6.78. The third kappa shape index (κ3) is 7.00. The Morgan fingerprint density at radius 3 is 2.37 bits per heavy atom. The van der Waals surface area contributed by atoms with Crippen molar-refractivity contribution in [2.24, 2.45) is 0 Å². The summed E-state index contributed by atoms with van der Waals surface area (Å²) in [5, 5.41) is 7.41. The summed E-state index contributed by atoms with van der Waals surface area (Å²) in [4.78, 5) is 4.77. The van der Waals surface area contributed by atoms with Crippen molar-refractivity contribution in [3.05, 3.63) is 132 Å². The summed E-state index contributed by atoms with van der Waals surface area (Å²) in [6.45, 7) is 8.70. The molecule has 7 rings (SSSR count). The number of ether oxygens (including phenoxy) is 1. The smallest absolute Gasteiger partial charge is 0.509 e. The van der Waals surface area contributed by atoms with E-state index in [-0.39, 0.29) is 21.1 Å². The Morgan fingerprint density at radius 1 is 0.755 bits per heavy atom. The molecule has 0 atom stereocenters. The third-order valence-electron chi connectivity index (χ3n) is 9.15. The van der Waals surface area contributed by atoms with E-state index in [1.165, 1.54) is 53.5 Å². The molecule has 0 saturated carbocycles. The number of nitrogens with zero attached hydrogens (tertiary/aromatic N) is 4. The number of benzene rings is 4. The summed E-state index contributed by atoms with van der Waals surface area (Å²) < 4.78 is 10.7. The molecular weight excluding hydrogens is 784 g/mol. The van der Waals surface area contributed by atoms with Crippen LogP contribution in [0.25, 0.3) is 44.4 Å². The molecule has 3 aromatic heterocycles. The van der Waals surface area contributed by atoms with Gasteiger partial charge in [-0.2, -0.15) is 17.2 Å². The molecule has 4 aromatic carbocycles. The molecule has 0 aliphatic carbocycles. The van der Waals surface area contributed by atoms with Crippen LogP contribution in [0.5, 0.6) is 11.5 Å². The zero-order valence-corrected chi connectivity index (χ0v) is 31.0. The van der Waals surface area contributed by atoms with Crippen LogP contribution >= 0.6 is 0 Å². The molecule has 0 radical (unpaired) electrons. The predicted molar refractivity (Wildman–Crippen MR) is 197 cm³/mol. The van der Waals surface area contributed by atoms with Crippen LogP contribution in [0.1, 0.15) is 69.0 Å². The Bertz CT molecular complexity index is 2200. The van der Waals surface area contributed by atoms with Gasteiger partial charge in [-0.05, 0) is 78.6 Å². The van der Waals surface area contributed by atoms with Crippen molar-refractivity contribution >= 4 is 21.8 Å². The molecule has 0 fully saturated rings. The minimum Gasteiger partial charge on any atom is -0.509 e. The maximum absolute atomic E-state index is 6.49. The van der Waals surface area contributed by atoms with Crippen LogP contribution in [-0.2, 0) is 40.3 Å². The van der Waals surface area contributed by atoms with Crippen molar-refractivity contribution in [3.63, 3.8) is 0 Å². The fraction of sp³-hybridized carbons (Fsp3) is 0.256. The Kier molecular flexibility index (Phi) is 10.8. The first-order chi connectivity index (χ1) is 23.6. The Labute approximate surface area is 304 Å². The molecule has 0 bridgehead atoms. The van der Waals surface area contributed by atoms with E-state index in [0.717, 1.165) is 58.4 Å². The molecule has 0 saturated heterocycles. The van der Waals surface area contributed by atoms with Gasteiger partial charge in [0.05, 0.1) is 5.69 Å². The van der Waals surface area contributed by atoms with Crippen molar-refractivity contribution in [2.75, 3.05) is 0 Å². The van der Waals surface area contributed by atoms with Crippen molar-refractivity contribution in [2.45, 2.75) is 72.6 Å². The van der Waals surface area contributed by atoms with Crippen molar-refractivity contribution < 1.29 is 25.8 Å². The molecular formula is C43H42N4OPt. The first-order valence-corrected chi connectivity index (χ1v) is 17.4. The largest absolute Gasteiger partial charge is 2.00 e. The van der Waals surface area contributed by atoms with Crippen LogP contribution in [0.3, 0.4) is 0 Å². The summed E-state index contributed by atoms with van der Waals surface area (Å²) in [5.41, 5.74) is 10.1. The maximum Gasteiger partial charge on any atom is 2.00 e. The van der Waals surface area contributed by atoms with Gasteiger partial charge < -0.3 is 9.30 Å². The van der Waals surface area contributed by atoms with E-state index in [1.54, 1.807) is 0 Å². The second kappa shape index (κ2) is 15.4. The Morgan fingerprint density at radius 2 is 1.59 bits per heavy atom. The molecule has 3 heterocycles. The van der Waals surface area contributed by atoms with Gasteiger partial charge in [0.2, 0.25) is 0 Å². The van der Waals surface area contributed by atoms with Crippen LogP contribution in [0.2, 0.25) is 0 Å². The number of rotatable bonds is 12. The quantitative estimate of drug-likeness (QED) is 0.0911. The van der Waals surface area contributed by atoms with E-state index in [0.29, 0.717) is 11.5 Å². The van der Waals surface area contributed by atoms with E-state index >= 15 is 0 Å². The average Bonchev–Trinajstić information content (AvgIpc) is 3.66. The first kappa shape index (κ1) is 34.4. The normalized spacial score (nSPS) is 11.3. The van der Waals surface area contributed by atoms with Gasteiger partial charge in [-0.15, -0.1) is 35.7 Å². The number of hydrogen-bond donors (Lipinski definition) is 0. The number of unbranched alkanes of at least 4 members (excludes halogenated alkanes) is 3. The van der Waals surface area contributed by atoms with Gasteiger partial charge in [0, 0.05) is 34.5 Å². The van der Waals surface area contributed by atoms with Crippen LogP contribution in [-0.4, -0.2) is 19.3 Å². The monoisotopic (exact) mass is 825 g/mol. The molecule has 7 aromatic rings. The van der Waals surface area contributed by atoms with Gasteiger partial charge in [-0.1, -0.05) is 88.0 Å². The number of aromatic nitrogens is 4. The van der Waals surface area contributed by atoms with E-state index in [2.05, 4.69) is 105 Å². The first-order valence-electron chi connectivity index (χ1n) is 17.4. The summed E-state index contributed by atoms with van der Waals surface area (Å²) in [7, 11) is 0. The number of fused-ring (bicyclic) bond motifs is 3. The molecule has 0 N–H and O–H groups in total. The Balaban J connectivity index is 0.00000417. The molecule has 0 amide bonds. The SMILES string of the molecule is CCCCCCc1ccc2c(c1)c1ccc(Oc3[c-]c(-n4nc(CC)c(-c5ccccc5)c4CC)ccc3)[c-]c1n2-c1cc(C)ccn1.[Pt+2]. The number of pyridine rings is 1. The number of hydrogen-bond acceptors (Lipinski definition) is 3. The molecule has 6 heteroatoms. The van der Waals surface area contributed by atoms with Gasteiger partial charge in [-0.25, -0.2) is 4.98 Å². The van der Waals surface area contributed by atoms with Crippen LogP contribution in [0, 0.1) is 19.1 Å². The number of aryl methyl sites for hydroxylation is 3. The van der Waals surface area contributed by atoms with Gasteiger partial charge in [-0.3, -0.25) is 4.68 Å². The molecule has 5 nitrogen and oxygen atoms in total. The zero-order valence-electron chi connectivity index (χ0n) is 28.7. The second-order valence-electron chi connectivity index (χ2n) is 12.5. The van der Waals surface area contributed by atoms with Crippen molar-refractivity contribution in [1.29, 1.82) is 0 Å². The van der Waals surface area contributed by atoms with E-state index in [4.69, 9.17) is 14.8 Å². The molecule has 0 unspecified atom stereocenters. The van der Waals surface area contributed by atoms with E-state index in [9.17, 15) is 0 Å². The molecule has 0 spiro atoms. The third-order valence-corrected chi connectivity index (χ3v) is 9.15. The van der Waals surface area contributed by atoms with Crippen LogP contribution in [0.4, 0.5) is 0 Å². The average molecular weight is 826 g/mol. The molecule has 49 heavy (non-hydrogen) atoms. The van der Waals surface area contributed by atoms with Gasteiger partial charge in [0.25, 0.3) is 0 Å². The molecule has 250 valence electrons. The predicted octanol–water partition coefficient (Wildman–Crippen LogP) is 11.0. The summed E-state index contributed by atoms with van der Waals surface area (Å²) in [6, 6.07) is 38.8. The van der Waals surface area contributed by atoms with Gasteiger partial charge in [0.1, 0.15) is 5.82 Å². The molecule has 0 aliphatic rings. The second-order valence-corrected chi connectivity index (χ2v) is 12.5. The summed E-state index contributed by atoms with van der Waals surface area (Å²) in [6.07, 6.45) is 9.67. The maximum atomic E-state index is 6.49. The van der Waals surface area contributed by atoms with E-state index in [1.807, 2.05) is 41.2 Å². The van der Waals surface area contributed by atoms with Gasteiger partial charge >= 0.3 is 21.1 Å². The van der Waals surface area contributed by atoms with Crippen molar-refractivity contribution in [3.8, 4) is 34.1 Å². The van der Waals surface area contributed by atoms with Crippen molar-refractivity contribution in [1.82, 2.24) is 19.3 Å². The standard InChI is InChI=1S/C43H42N4O.Pt/c1-5-8-9-11-15-31-20-23-40-37(27-31)36-22-21-35(29-41(36)46(40)42-26-30(4)24-25-44-42)48-34-19-14-18-33(28-34)47-39(7-3)43(38(6-2)45-47)32-16-12-10-13-17-32;/h10,12-14,16-27H,5-9,11,15H2,1-4H3;/q-2;+2.